The Morgan fingerprint density at radius 1 is 1.26 bits per heavy atom. The number of nitrogens with zero attached hydrogens (tertiary/aromatic N) is 4. The van der Waals surface area contributed by atoms with Crippen LogP contribution in [0.3, 0.4) is 0 Å². The summed E-state index contributed by atoms with van der Waals surface area (Å²) in [6, 6.07) is 10.1. The van der Waals surface area contributed by atoms with E-state index in [1.165, 1.54) is 12.1 Å². The standard InChI is InChI=1S/C28H28F3N5O3/c1-18-15-35(17-33-18)24-9-8-19(12-25(24)38-2)11-20-6-4-10-36-23(16-39-34-26(20)36)14-32-27(37)21-5-3-7-22(13-21)28(29,30)31/h3,5,7-9,11-13,15,17,23H,4,6,10,14,16H2,1-2H3,(H,32,37)/b20-11+/t23-/m0/s1. The summed E-state index contributed by atoms with van der Waals surface area (Å²) in [5.41, 5.74) is 2.80. The number of rotatable bonds is 6. The largest absolute Gasteiger partial charge is 0.495 e. The van der Waals surface area contributed by atoms with E-state index in [9.17, 15) is 18.0 Å². The summed E-state index contributed by atoms with van der Waals surface area (Å²) < 4.78 is 46.7. The number of amides is 1. The number of hydrogen-bond donors (Lipinski definition) is 1. The van der Waals surface area contributed by atoms with Crippen LogP contribution in [0.5, 0.6) is 5.75 Å². The van der Waals surface area contributed by atoms with E-state index in [1.54, 1.807) is 13.4 Å². The van der Waals surface area contributed by atoms with Crippen molar-refractivity contribution in [3.05, 3.63) is 82.9 Å². The van der Waals surface area contributed by atoms with Crippen LogP contribution >= 0.6 is 0 Å². The number of halogens is 3. The Hall–Kier alpha value is -4.28. The molecule has 2 aromatic carbocycles. The van der Waals surface area contributed by atoms with Gasteiger partial charge in [-0.05, 0) is 67.3 Å². The van der Waals surface area contributed by atoms with E-state index in [0.29, 0.717) is 11.6 Å². The lowest BCUT2D eigenvalue weighted by atomic mass is 9.98. The van der Waals surface area contributed by atoms with Crippen molar-refractivity contribution in [3.8, 4) is 11.4 Å². The van der Waals surface area contributed by atoms with Gasteiger partial charge in [-0.25, -0.2) is 4.98 Å². The molecule has 0 aliphatic carbocycles. The Kier molecular flexibility index (Phi) is 7.32. The Morgan fingerprint density at radius 3 is 2.85 bits per heavy atom. The first-order valence-corrected chi connectivity index (χ1v) is 12.5. The lowest BCUT2D eigenvalue weighted by Crippen LogP contribution is -2.53. The number of carbonyl (C=O) groups excluding carboxylic acids is 1. The molecule has 204 valence electrons. The summed E-state index contributed by atoms with van der Waals surface area (Å²) in [4.78, 5) is 24.5. The molecule has 5 rings (SSSR count). The summed E-state index contributed by atoms with van der Waals surface area (Å²) in [6.07, 6.45) is 2.88. The van der Waals surface area contributed by atoms with Crippen LogP contribution in [0.4, 0.5) is 13.2 Å². The van der Waals surface area contributed by atoms with E-state index < -0.39 is 17.6 Å². The molecule has 1 atom stereocenters. The highest BCUT2D eigenvalue weighted by Gasteiger charge is 2.33. The van der Waals surface area contributed by atoms with Crippen molar-refractivity contribution in [1.29, 1.82) is 0 Å². The molecule has 1 N–H and O–H groups in total. The second kappa shape index (κ2) is 10.8. The third-order valence-corrected chi connectivity index (χ3v) is 6.75. The zero-order valence-electron chi connectivity index (χ0n) is 21.5. The van der Waals surface area contributed by atoms with Crippen LogP contribution in [-0.2, 0) is 11.0 Å². The van der Waals surface area contributed by atoms with Crippen LogP contribution in [0, 0.1) is 6.92 Å². The third-order valence-electron chi connectivity index (χ3n) is 6.75. The van der Waals surface area contributed by atoms with Crippen LogP contribution in [-0.4, -0.2) is 59.0 Å². The van der Waals surface area contributed by atoms with Crippen molar-refractivity contribution in [2.45, 2.75) is 32.0 Å². The van der Waals surface area contributed by atoms with E-state index in [2.05, 4.69) is 20.4 Å². The first kappa shape index (κ1) is 26.3. The fourth-order valence-corrected chi connectivity index (χ4v) is 4.79. The molecule has 1 saturated heterocycles. The highest BCUT2D eigenvalue weighted by molar-refractivity contribution is 6.03. The molecule has 3 heterocycles. The SMILES string of the molecule is COc1cc(/C=C2\CCCN3C2=NOC[C@@H]3CNC(=O)c2cccc(C(F)(F)F)c2)ccc1-n1cnc(C)c1. The summed E-state index contributed by atoms with van der Waals surface area (Å²) in [5, 5.41) is 7.06. The zero-order chi connectivity index (χ0) is 27.6. The number of aromatic nitrogens is 2. The van der Waals surface area contributed by atoms with Crippen LogP contribution in [0.15, 0.2) is 65.7 Å². The van der Waals surface area contributed by atoms with Crippen molar-refractivity contribution in [2.24, 2.45) is 5.16 Å². The molecule has 1 aromatic heterocycles. The lowest BCUT2D eigenvalue weighted by molar-refractivity contribution is -0.137. The Morgan fingerprint density at radius 2 is 2.10 bits per heavy atom. The van der Waals surface area contributed by atoms with Gasteiger partial charge in [-0.15, -0.1) is 0 Å². The maximum Gasteiger partial charge on any atom is 0.416 e. The third kappa shape index (κ3) is 5.76. The molecule has 3 aromatic rings. The monoisotopic (exact) mass is 539 g/mol. The van der Waals surface area contributed by atoms with Crippen LogP contribution in [0.25, 0.3) is 11.8 Å². The molecule has 0 unspecified atom stereocenters. The van der Waals surface area contributed by atoms with Crippen LogP contribution < -0.4 is 10.1 Å². The van der Waals surface area contributed by atoms with E-state index in [-0.39, 0.29) is 24.8 Å². The predicted octanol–water partition coefficient (Wildman–Crippen LogP) is 4.83. The second-order valence-electron chi connectivity index (χ2n) is 9.47. The highest BCUT2D eigenvalue weighted by Crippen LogP contribution is 2.31. The number of carbonyl (C=O) groups is 1. The van der Waals surface area contributed by atoms with Gasteiger partial charge in [0, 0.05) is 24.8 Å². The number of nitrogens with one attached hydrogen (secondary N) is 1. The van der Waals surface area contributed by atoms with Gasteiger partial charge in [0.05, 0.1) is 36.4 Å². The van der Waals surface area contributed by atoms with Crippen LogP contribution in [0.1, 0.15) is 40.0 Å². The zero-order valence-corrected chi connectivity index (χ0v) is 21.5. The van der Waals surface area contributed by atoms with E-state index in [1.807, 2.05) is 42.0 Å². The number of fused-ring (bicyclic) bond motifs is 1. The number of oxime groups is 1. The molecule has 11 heteroatoms. The van der Waals surface area contributed by atoms with Crippen molar-refractivity contribution >= 4 is 17.8 Å². The van der Waals surface area contributed by atoms with E-state index >= 15 is 0 Å². The first-order valence-electron chi connectivity index (χ1n) is 12.5. The normalized spacial score (nSPS) is 18.3. The van der Waals surface area contributed by atoms with Crippen molar-refractivity contribution in [1.82, 2.24) is 19.8 Å². The molecule has 8 nitrogen and oxygen atoms in total. The summed E-state index contributed by atoms with van der Waals surface area (Å²) in [5.74, 6) is 0.823. The summed E-state index contributed by atoms with van der Waals surface area (Å²) in [7, 11) is 1.62. The Bertz CT molecular complexity index is 1430. The summed E-state index contributed by atoms with van der Waals surface area (Å²) >= 11 is 0. The van der Waals surface area contributed by atoms with Gasteiger partial charge in [0.1, 0.15) is 12.4 Å². The predicted molar refractivity (Wildman–Crippen MR) is 140 cm³/mol. The minimum absolute atomic E-state index is 0.0436. The van der Waals surface area contributed by atoms with E-state index in [0.717, 1.165) is 54.0 Å². The van der Waals surface area contributed by atoms with Gasteiger partial charge in [0.15, 0.2) is 5.84 Å². The second-order valence-corrected chi connectivity index (χ2v) is 9.47. The van der Waals surface area contributed by atoms with Gasteiger partial charge < -0.3 is 24.4 Å². The molecule has 39 heavy (non-hydrogen) atoms. The number of piperidine rings is 1. The number of methoxy groups -OCH3 is 1. The smallest absolute Gasteiger partial charge is 0.416 e. The van der Waals surface area contributed by atoms with Gasteiger partial charge in [-0.2, -0.15) is 13.2 Å². The van der Waals surface area contributed by atoms with Gasteiger partial charge in [0.25, 0.3) is 5.91 Å². The molecule has 2 aliphatic heterocycles. The van der Waals surface area contributed by atoms with Gasteiger partial charge in [-0.3, -0.25) is 4.79 Å². The number of aryl methyl sites for hydroxylation is 1. The first-order chi connectivity index (χ1) is 18.7. The Balaban J connectivity index is 1.30. The molecule has 0 saturated carbocycles. The minimum atomic E-state index is -4.52. The molecule has 1 fully saturated rings. The number of hydrogen-bond acceptors (Lipinski definition) is 6. The number of amidine groups is 1. The molecular weight excluding hydrogens is 511 g/mol. The highest BCUT2D eigenvalue weighted by atomic mass is 19.4. The Labute approximate surface area is 223 Å². The molecule has 1 amide bonds. The molecule has 2 aliphatic rings. The minimum Gasteiger partial charge on any atom is -0.495 e. The average Bonchev–Trinajstić information content (AvgIpc) is 3.37. The van der Waals surface area contributed by atoms with Gasteiger partial charge >= 0.3 is 6.18 Å². The van der Waals surface area contributed by atoms with Gasteiger partial charge in [-0.1, -0.05) is 17.3 Å². The number of benzene rings is 2. The maximum atomic E-state index is 13.0. The number of ether oxygens (including phenoxy) is 1. The molecule has 0 bridgehead atoms. The molecule has 0 radical (unpaired) electrons. The van der Waals surface area contributed by atoms with Crippen LogP contribution in [0.2, 0.25) is 0 Å². The fraction of sp³-hybridized carbons (Fsp3) is 0.321. The maximum absolute atomic E-state index is 13.0. The lowest BCUT2D eigenvalue weighted by Gasteiger charge is -2.40. The number of imidazole rings is 1. The quantitative estimate of drug-likeness (QED) is 0.486. The van der Waals surface area contributed by atoms with Gasteiger partial charge in [0.2, 0.25) is 0 Å². The van der Waals surface area contributed by atoms with E-state index in [4.69, 9.17) is 9.57 Å². The molecular formula is C28H28F3N5O3. The number of alkyl halides is 3. The topological polar surface area (TPSA) is 81.0 Å². The summed E-state index contributed by atoms with van der Waals surface area (Å²) in [6.45, 7) is 3.11. The van der Waals surface area contributed by atoms with Crippen molar-refractivity contribution in [2.75, 3.05) is 26.8 Å². The van der Waals surface area contributed by atoms with Crippen molar-refractivity contribution < 1.29 is 27.5 Å². The van der Waals surface area contributed by atoms with Crippen molar-refractivity contribution in [3.63, 3.8) is 0 Å². The fourth-order valence-electron chi connectivity index (χ4n) is 4.79. The average molecular weight is 540 g/mol. The molecule has 0 spiro atoms.